The van der Waals surface area contributed by atoms with Gasteiger partial charge in [-0.25, -0.2) is 17.2 Å². The first-order chi connectivity index (χ1) is 15.2. The van der Waals surface area contributed by atoms with Gasteiger partial charge in [-0.2, -0.15) is 13.2 Å². The van der Waals surface area contributed by atoms with Gasteiger partial charge in [0.2, 0.25) is 0 Å². The molecule has 1 saturated heterocycles. The van der Waals surface area contributed by atoms with E-state index in [4.69, 9.17) is 9.47 Å². The summed E-state index contributed by atoms with van der Waals surface area (Å²) >= 11 is 0. The Kier molecular flexibility index (Phi) is 6.60. The fourth-order valence-electron chi connectivity index (χ4n) is 3.42. The molecule has 6 nitrogen and oxygen atoms in total. The van der Waals surface area contributed by atoms with Gasteiger partial charge < -0.3 is 14.4 Å². The molecular weight excluding hydrogens is 473 g/mol. The van der Waals surface area contributed by atoms with Crippen LogP contribution in [0.2, 0.25) is 0 Å². The minimum absolute atomic E-state index is 0.00223. The highest BCUT2D eigenvalue weighted by Gasteiger charge is 2.41. The van der Waals surface area contributed by atoms with Crippen LogP contribution in [-0.4, -0.2) is 58.0 Å². The molecule has 1 unspecified atom stereocenters. The zero-order chi connectivity index (χ0) is 24.7. The Balaban J connectivity index is 1.98. The monoisotopic (exact) mass is 493 g/mol. The maximum Gasteiger partial charge on any atom is 0.425 e. The summed E-state index contributed by atoms with van der Waals surface area (Å²) < 4.78 is 100. The van der Waals surface area contributed by atoms with Crippen LogP contribution < -0.4 is 9.47 Å². The minimum Gasteiger partial charge on any atom is -0.494 e. The van der Waals surface area contributed by atoms with Gasteiger partial charge in [0.15, 0.2) is 21.7 Å². The summed E-state index contributed by atoms with van der Waals surface area (Å²) in [4.78, 5) is 14.0. The number of benzene rings is 2. The van der Waals surface area contributed by atoms with Crippen LogP contribution in [0.25, 0.3) is 0 Å². The van der Waals surface area contributed by atoms with E-state index in [0.29, 0.717) is 11.6 Å². The lowest BCUT2D eigenvalue weighted by Gasteiger charge is -2.40. The Morgan fingerprint density at radius 3 is 2.18 bits per heavy atom. The predicted molar refractivity (Wildman–Crippen MR) is 107 cm³/mol. The van der Waals surface area contributed by atoms with Gasteiger partial charge >= 0.3 is 6.18 Å². The van der Waals surface area contributed by atoms with Crippen LogP contribution in [0.4, 0.5) is 22.0 Å². The van der Waals surface area contributed by atoms with E-state index in [1.165, 1.54) is 4.90 Å². The van der Waals surface area contributed by atoms with E-state index in [9.17, 15) is 35.2 Å². The van der Waals surface area contributed by atoms with Crippen LogP contribution >= 0.6 is 0 Å². The van der Waals surface area contributed by atoms with Gasteiger partial charge in [-0.05, 0) is 36.8 Å². The normalized spacial score (nSPS) is 15.7. The van der Waals surface area contributed by atoms with Gasteiger partial charge in [-0.3, -0.25) is 4.79 Å². The van der Waals surface area contributed by atoms with Crippen LogP contribution in [0.5, 0.6) is 11.5 Å². The number of ether oxygens (including phenoxy) is 2. The summed E-state index contributed by atoms with van der Waals surface area (Å²) in [7, 11) is -2.83. The SMILES string of the molecule is COc1c(S(C)(=O)=O)ccc(OC(C)C(F)(F)F)c1C(=O)N1CC(c2cc(F)cc(F)c2)C1. The number of sulfone groups is 1. The van der Waals surface area contributed by atoms with Crippen molar-refractivity contribution in [2.24, 2.45) is 0 Å². The van der Waals surface area contributed by atoms with E-state index in [0.717, 1.165) is 44.6 Å². The van der Waals surface area contributed by atoms with Gasteiger partial charge in [0.05, 0.1) is 7.11 Å². The van der Waals surface area contributed by atoms with Crippen molar-refractivity contribution in [3.8, 4) is 11.5 Å². The van der Waals surface area contributed by atoms with Crippen LogP contribution in [0.15, 0.2) is 35.2 Å². The molecule has 0 aliphatic carbocycles. The van der Waals surface area contributed by atoms with Gasteiger partial charge in [0, 0.05) is 31.3 Å². The highest BCUT2D eigenvalue weighted by atomic mass is 32.2. The van der Waals surface area contributed by atoms with Crippen LogP contribution in [0.1, 0.15) is 28.8 Å². The molecule has 12 heteroatoms. The van der Waals surface area contributed by atoms with Crippen molar-refractivity contribution >= 4 is 15.7 Å². The van der Waals surface area contributed by atoms with Crippen LogP contribution in [-0.2, 0) is 9.84 Å². The molecule has 0 radical (unpaired) electrons. The summed E-state index contributed by atoms with van der Waals surface area (Å²) in [5, 5.41) is 0. The van der Waals surface area contributed by atoms with Crippen LogP contribution in [0, 0.1) is 11.6 Å². The topological polar surface area (TPSA) is 72.9 Å². The Labute approximate surface area is 186 Å². The highest BCUT2D eigenvalue weighted by Crippen LogP contribution is 2.40. The van der Waals surface area contributed by atoms with E-state index in [-0.39, 0.29) is 13.1 Å². The van der Waals surface area contributed by atoms with Crippen molar-refractivity contribution in [1.82, 2.24) is 4.90 Å². The first kappa shape index (κ1) is 24.7. The Morgan fingerprint density at radius 2 is 1.70 bits per heavy atom. The number of nitrogens with zero attached hydrogens (tertiary/aromatic N) is 1. The fraction of sp³-hybridized carbons (Fsp3) is 0.381. The molecule has 0 saturated carbocycles. The number of carbonyl (C=O) groups excluding carboxylic acids is 1. The molecule has 2 aromatic carbocycles. The third kappa shape index (κ3) is 5.21. The molecule has 2 aromatic rings. The number of rotatable bonds is 6. The summed E-state index contributed by atoms with van der Waals surface area (Å²) in [6, 6.07) is 4.92. The molecule has 33 heavy (non-hydrogen) atoms. The van der Waals surface area contributed by atoms with E-state index < -0.39 is 67.5 Å². The molecule has 0 bridgehead atoms. The lowest BCUT2D eigenvalue weighted by Crippen LogP contribution is -2.48. The maximum atomic E-state index is 13.5. The summed E-state index contributed by atoms with van der Waals surface area (Å²) in [5.41, 5.74) is -0.170. The molecule has 1 atom stereocenters. The second-order valence-corrected chi connectivity index (χ2v) is 9.64. The lowest BCUT2D eigenvalue weighted by atomic mass is 9.90. The fourth-order valence-corrected chi connectivity index (χ4v) is 4.26. The van der Waals surface area contributed by atoms with Crippen molar-refractivity contribution in [1.29, 1.82) is 0 Å². The quantitative estimate of drug-likeness (QED) is 0.570. The molecule has 0 spiro atoms. The number of carbonyl (C=O) groups is 1. The number of hydrogen-bond acceptors (Lipinski definition) is 5. The predicted octanol–water partition coefficient (Wildman–Crippen LogP) is 3.95. The molecule has 1 fully saturated rings. The van der Waals surface area contributed by atoms with Gasteiger partial charge in [-0.1, -0.05) is 0 Å². The van der Waals surface area contributed by atoms with Gasteiger partial charge in [0.1, 0.15) is 27.8 Å². The Morgan fingerprint density at radius 1 is 1.12 bits per heavy atom. The van der Waals surface area contributed by atoms with E-state index >= 15 is 0 Å². The second kappa shape index (κ2) is 8.81. The third-order valence-electron chi connectivity index (χ3n) is 5.19. The average molecular weight is 493 g/mol. The summed E-state index contributed by atoms with van der Waals surface area (Å²) in [6.45, 7) is 0.744. The smallest absolute Gasteiger partial charge is 0.425 e. The maximum absolute atomic E-state index is 13.5. The van der Waals surface area contributed by atoms with Crippen molar-refractivity contribution in [2.75, 3.05) is 26.5 Å². The zero-order valence-corrected chi connectivity index (χ0v) is 18.6. The Bertz CT molecular complexity index is 1160. The van der Waals surface area contributed by atoms with Gasteiger partial charge in [0.25, 0.3) is 5.91 Å². The summed E-state index contributed by atoms with van der Waals surface area (Å²) in [5.74, 6) is -3.77. The van der Waals surface area contributed by atoms with Crippen LogP contribution in [0.3, 0.4) is 0 Å². The molecule has 180 valence electrons. The number of likely N-dealkylation sites (tertiary alicyclic amines) is 1. The third-order valence-corrected chi connectivity index (χ3v) is 6.31. The summed E-state index contributed by atoms with van der Waals surface area (Å²) in [6.07, 6.45) is -6.18. The van der Waals surface area contributed by atoms with E-state index in [1.54, 1.807) is 0 Å². The van der Waals surface area contributed by atoms with Crippen molar-refractivity contribution in [3.63, 3.8) is 0 Å². The number of alkyl halides is 3. The standard InChI is InChI=1S/C21H20F5NO5S/c1-11(21(24,25)26)32-16-4-5-17(33(3,29)30)19(31-2)18(16)20(28)27-9-13(10-27)12-6-14(22)8-15(23)7-12/h4-8,11,13H,9-10H2,1-3H3. The molecule has 1 heterocycles. The number of halogens is 5. The van der Waals surface area contributed by atoms with Crippen molar-refractivity contribution in [2.45, 2.75) is 30.0 Å². The molecule has 0 aromatic heterocycles. The molecular formula is C21H20F5NO5S. The van der Waals surface area contributed by atoms with E-state index in [2.05, 4.69) is 0 Å². The average Bonchev–Trinajstić information content (AvgIpc) is 2.63. The van der Waals surface area contributed by atoms with E-state index in [1.807, 2.05) is 0 Å². The highest BCUT2D eigenvalue weighted by molar-refractivity contribution is 7.90. The second-order valence-electron chi connectivity index (χ2n) is 7.65. The molecule has 1 amide bonds. The zero-order valence-electron chi connectivity index (χ0n) is 17.7. The molecule has 0 N–H and O–H groups in total. The number of amides is 1. The molecule has 1 aliphatic rings. The number of hydrogen-bond donors (Lipinski definition) is 0. The Hall–Kier alpha value is -2.89. The lowest BCUT2D eigenvalue weighted by molar-refractivity contribution is -0.189. The minimum atomic E-state index is -4.74. The molecule has 1 aliphatic heterocycles. The largest absolute Gasteiger partial charge is 0.494 e. The van der Waals surface area contributed by atoms with Gasteiger partial charge in [-0.15, -0.1) is 0 Å². The van der Waals surface area contributed by atoms with Crippen molar-refractivity contribution in [3.05, 3.63) is 53.1 Å². The number of methoxy groups -OCH3 is 1. The molecule has 3 rings (SSSR count). The van der Waals surface area contributed by atoms with Crippen molar-refractivity contribution < 1.29 is 44.6 Å². The first-order valence-electron chi connectivity index (χ1n) is 9.62. The first-order valence-corrected chi connectivity index (χ1v) is 11.5.